The number of aromatic nitrogens is 3. The van der Waals surface area contributed by atoms with Gasteiger partial charge >= 0.3 is 0 Å². The first-order valence-electron chi connectivity index (χ1n) is 12.3. The van der Waals surface area contributed by atoms with E-state index in [0.29, 0.717) is 17.4 Å². The Morgan fingerprint density at radius 1 is 1.17 bits per heavy atom. The molecule has 0 saturated carbocycles. The molecule has 5 heterocycles. The molecule has 1 aromatic carbocycles. The number of halogens is 1. The largest absolute Gasteiger partial charge is 0.487 e. The van der Waals surface area contributed by atoms with Gasteiger partial charge in [-0.25, -0.2) is 4.39 Å². The number of benzene rings is 1. The number of rotatable bonds is 4. The van der Waals surface area contributed by atoms with E-state index in [0.717, 1.165) is 48.6 Å². The molecule has 36 heavy (non-hydrogen) atoms. The standard InChI is InChI=1S/C28H27FN4O3/c1-17(34)33-15-18-4-3-5-24(33)27-23-9-8-21(12-25(23)31(2)28(18)27)32-11-10-22(13-26(32)35)36-16-20-7-6-19(29)14-30-20/h6-14,18,24H,3-5,15-16H2,1-2H3. The van der Waals surface area contributed by atoms with Crippen molar-refractivity contribution in [1.82, 2.24) is 19.0 Å². The lowest BCUT2D eigenvalue weighted by atomic mass is 9.90. The van der Waals surface area contributed by atoms with Gasteiger partial charge in [-0.05, 0) is 43.2 Å². The third-order valence-corrected chi connectivity index (χ3v) is 7.56. The lowest BCUT2D eigenvalue weighted by Crippen LogP contribution is -2.39. The maximum absolute atomic E-state index is 13.0. The fraction of sp³-hybridized carbons (Fsp3) is 0.321. The highest BCUT2D eigenvalue weighted by molar-refractivity contribution is 5.89. The molecule has 1 amide bonds. The number of carbonyl (C=O) groups is 1. The van der Waals surface area contributed by atoms with Crippen molar-refractivity contribution < 1.29 is 13.9 Å². The maximum Gasteiger partial charge on any atom is 0.258 e. The second-order valence-corrected chi connectivity index (χ2v) is 9.70. The second kappa shape index (κ2) is 8.62. The van der Waals surface area contributed by atoms with Crippen molar-refractivity contribution in [2.45, 2.75) is 44.8 Å². The number of aryl methyl sites for hydroxylation is 1. The van der Waals surface area contributed by atoms with Crippen LogP contribution in [0.5, 0.6) is 5.75 Å². The lowest BCUT2D eigenvalue weighted by molar-refractivity contribution is -0.131. The minimum Gasteiger partial charge on any atom is -0.487 e. The van der Waals surface area contributed by atoms with E-state index >= 15 is 0 Å². The van der Waals surface area contributed by atoms with Gasteiger partial charge in [0.15, 0.2) is 0 Å². The van der Waals surface area contributed by atoms with Crippen LogP contribution in [0.25, 0.3) is 16.6 Å². The minimum absolute atomic E-state index is 0.112. The Balaban J connectivity index is 1.33. The average Bonchev–Trinajstić information content (AvgIpc) is 3.02. The van der Waals surface area contributed by atoms with E-state index in [1.165, 1.54) is 23.4 Å². The van der Waals surface area contributed by atoms with Crippen LogP contribution in [0.15, 0.2) is 59.7 Å². The lowest BCUT2D eigenvalue weighted by Gasteiger charge is -2.37. The van der Waals surface area contributed by atoms with Crippen molar-refractivity contribution in [3.8, 4) is 11.4 Å². The molecule has 0 radical (unpaired) electrons. The van der Waals surface area contributed by atoms with Crippen molar-refractivity contribution in [3.05, 3.63) is 88.0 Å². The topological polar surface area (TPSA) is 69.4 Å². The number of carbonyl (C=O) groups excluding carboxylic acids is 1. The molecule has 184 valence electrons. The van der Waals surface area contributed by atoms with Crippen molar-refractivity contribution in [2.24, 2.45) is 7.05 Å². The molecule has 3 aromatic heterocycles. The van der Waals surface area contributed by atoms with Gasteiger partial charge in [-0.15, -0.1) is 0 Å². The molecular weight excluding hydrogens is 459 g/mol. The number of fused-ring (bicyclic) bond motifs is 4. The van der Waals surface area contributed by atoms with Crippen LogP contribution in [-0.4, -0.2) is 31.5 Å². The molecular formula is C28H27FN4O3. The molecule has 2 atom stereocenters. The number of hydrogen-bond donors (Lipinski definition) is 0. The summed E-state index contributed by atoms with van der Waals surface area (Å²) in [7, 11) is 2.09. The van der Waals surface area contributed by atoms with Crippen molar-refractivity contribution >= 4 is 16.8 Å². The van der Waals surface area contributed by atoms with E-state index in [-0.39, 0.29) is 24.1 Å². The predicted octanol–water partition coefficient (Wildman–Crippen LogP) is 4.61. The Morgan fingerprint density at radius 2 is 2.03 bits per heavy atom. The third kappa shape index (κ3) is 3.68. The first kappa shape index (κ1) is 22.5. The van der Waals surface area contributed by atoms with Crippen molar-refractivity contribution in [3.63, 3.8) is 0 Å². The van der Waals surface area contributed by atoms with E-state index in [9.17, 15) is 14.0 Å². The Kier molecular flexibility index (Phi) is 5.39. The highest BCUT2D eigenvalue weighted by Gasteiger charge is 2.40. The summed E-state index contributed by atoms with van der Waals surface area (Å²) in [6.45, 7) is 2.59. The number of amides is 1. The van der Waals surface area contributed by atoms with E-state index in [1.807, 2.05) is 17.0 Å². The number of hydrogen-bond acceptors (Lipinski definition) is 4. The van der Waals surface area contributed by atoms with Crippen LogP contribution in [0.2, 0.25) is 0 Å². The Hall–Kier alpha value is -3.94. The summed E-state index contributed by atoms with van der Waals surface area (Å²) in [6.07, 6.45) is 6.02. The van der Waals surface area contributed by atoms with Crippen molar-refractivity contribution in [1.29, 1.82) is 0 Å². The summed E-state index contributed by atoms with van der Waals surface area (Å²) in [5.41, 5.74) is 4.80. The summed E-state index contributed by atoms with van der Waals surface area (Å²) in [5, 5.41) is 1.15. The van der Waals surface area contributed by atoms with E-state index in [2.05, 4.69) is 22.7 Å². The number of pyridine rings is 2. The molecule has 1 saturated heterocycles. The Labute approximate surface area is 207 Å². The smallest absolute Gasteiger partial charge is 0.258 e. The molecule has 1 fully saturated rings. The maximum atomic E-state index is 13.0. The van der Waals surface area contributed by atoms with Gasteiger partial charge in [-0.1, -0.05) is 12.5 Å². The molecule has 2 bridgehead atoms. The third-order valence-electron chi connectivity index (χ3n) is 7.56. The molecule has 2 aliphatic heterocycles. The zero-order valence-electron chi connectivity index (χ0n) is 20.3. The summed E-state index contributed by atoms with van der Waals surface area (Å²) in [4.78, 5) is 31.4. The normalized spacial score (nSPS) is 18.8. The molecule has 7 nitrogen and oxygen atoms in total. The fourth-order valence-electron chi connectivity index (χ4n) is 5.92. The fourth-order valence-corrected chi connectivity index (χ4v) is 5.92. The van der Waals surface area contributed by atoms with Crippen LogP contribution in [0.3, 0.4) is 0 Å². The zero-order valence-corrected chi connectivity index (χ0v) is 20.3. The summed E-state index contributed by atoms with van der Waals surface area (Å²) >= 11 is 0. The van der Waals surface area contributed by atoms with Gasteiger partial charge in [0.1, 0.15) is 18.2 Å². The summed E-state index contributed by atoms with van der Waals surface area (Å²) in [5.74, 6) is 0.486. The predicted molar refractivity (Wildman–Crippen MR) is 134 cm³/mol. The van der Waals surface area contributed by atoms with Gasteiger partial charge in [0.25, 0.3) is 5.56 Å². The monoisotopic (exact) mass is 486 g/mol. The van der Waals surface area contributed by atoms with Gasteiger partial charge < -0.3 is 14.2 Å². The van der Waals surface area contributed by atoms with Gasteiger partial charge in [0, 0.05) is 55.3 Å². The van der Waals surface area contributed by atoms with E-state index in [4.69, 9.17) is 4.74 Å². The SMILES string of the molecule is CC(=O)N1CC2CCCC1c1c2n(C)c2cc(-n3ccc(OCc4ccc(F)cn4)cc3=O)ccc12. The van der Waals surface area contributed by atoms with Crippen LogP contribution in [0.1, 0.15) is 55.1 Å². The molecule has 7 rings (SSSR count). The van der Waals surface area contributed by atoms with Gasteiger partial charge in [-0.2, -0.15) is 0 Å². The number of nitrogens with zero attached hydrogens (tertiary/aromatic N) is 4. The Bertz CT molecular complexity index is 1540. The summed E-state index contributed by atoms with van der Waals surface area (Å²) < 4.78 is 22.6. The molecule has 1 aliphatic carbocycles. The van der Waals surface area contributed by atoms with Crippen LogP contribution in [-0.2, 0) is 18.4 Å². The molecule has 0 N–H and O–H groups in total. The molecule has 4 aromatic rings. The van der Waals surface area contributed by atoms with Crippen LogP contribution in [0, 0.1) is 5.82 Å². The Morgan fingerprint density at radius 3 is 2.78 bits per heavy atom. The quantitative estimate of drug-likeness (QED) is 0.422. The highest BCUT2D eigenvalue weighted by Crippen LogP contribution is 2.48. The average molecular weight is 487 g/mol. The van der Waals surface area contributed by atoms with E-state index in [1.54, 1.807) is 29.8 Å². The van der Waals surface area contributed by atoms with Gasteiger partial charge in [0.05, 0.1) is 29.1 Å². The van der Waals surface area contributed by atoms with Crippen LogP contribution < -0.4 is 10.3 Å². The van der Waals surface area contributed by atoms with Crippen LogP contribution >= 0.6 is 0 Å². The second-order valence-electron chi connectivity index (χ2n) is 9.70. The van der Waals surface area contributed by atoms with Gasteiger partial charge in [0.2, 0.25) is 5.91 Å². The molecule has 3 aliphatic rings. The minimum atomic E-state index is -0.406. The van der Waals surface area contributed by atoms with Crippen LogP contribution in [0.4, 0.5) is 4.39 Å². The van der Waals surface area contributed by atoms with Crippen molar-refractivity contribution in [2.75, 3.05) is 6.54 Å². The molecule has 2 unspecified atom stereocenters. The summed E-state index contributed by atoms with van der Waals surface area (Å²) in [6, 6.07) is 12.3. The first-order chi connectivity index (χ1) is 17.4. The zero-order chi connectivity index (χ0) is 25.0. The van der Waals surface area contributed by atoms with Gasteiger partial charge in [-0.3, -0.25) is 19.1 Å². The first-order valence-corrected chi connectivity index (χ1v) is 12.3. The molecule has 8 heteroatoms. The van der Waals surface area contributed by atoms with E-state index < -0.39 is 5.82 Å². The number of ether oxygens (including phenoxy) is 1. The highest BCUT2D eigenvalue weighted by atomic mass is 19.1. The molecule has 0 spiro atoms.